The monoisotopic (exact) mass is 652 g/mol. The molecule has 7 nitrogen and oxygen atoms in total. The minimum absolute atomic E-state index is 0.0291. The molecule has 1 atom stereocenters. The first-order valence-electron chi connectivity index (χ1n) is 13.4. The summed E-state index contributed by atoms with van der Waals surface area (Å²) in [5.41, 5.74) is -1.52. The van der Waals surface area contributed by atoms with Gasteiger partial charge in [0.05, 0.1) is 34.0 Å². The van der Waals surface area contributed by atoms with Gasteiger partial charge in [-0.05, 0) is 67.4 Å². The molecule has 0 saturated carbocycles. The van der Waals surface area contributed by atoms with Crippen molar-refractivity contribution < 1.29 is 43.9 Å². The maximum Gasteiger partial charge on any atom is 0.416 e. The summed E-state index contributed by atoms with van der Waals surface area (Å²) < 4.78 is 120. The van der Waals surface area contributed by atoms with Gasteiger partial charge >= 0.3 is 12.4 Å². The topological polar surface area (TPSA) is 92.3 Å². The van der Waals surface area contributed by atoms with Crippen LogP contribution >= 0.6 is 0 Å². The molecular formula is C30H23F7N4O3S. The zero-order chi connectivity index (χ0) is 32.6. The zero-order valence-electron chi connectivity index (χ0n) is 23.0. The average Bonchev–Trinajstić information content (AvgIpc) is 3.51. The van der Waals surface area contributed by atoms with Crippen molar-refractivity contribution >= 4 is 15.9 Å². The van der Waals surface area contributed by atoms with E-state index >= 15 is 0 Å². The van der Waals surface area contributed by atoms with E-state index in [1.165, 1.54) is 12.1 Å². The third-order valence-corrected chi connectivity index (χ3v) is 9.03. The van der Waals surface area contributed by atoms with Gasteiger partial charge in [0, 0.05) is 17.7 Å². The van der Waals surface area contributed by atoms with Crippen LogP contribution in [-0.4, -0.2) is 41.2 Å². The number of nitrogens with zero attached hydrogens (tertiary/aromatic N) is 3. The van der Waals surface area contributed by atoms with Gasteiger partial charge in [0.1, 0.15) is 11.9 Å². The van der Waals surface area contributed by atoms with Crippen LogP contribution < -0.4 is 5.32 Å². The van der Waals surface area contributed by atoms with Gasteiger partial charge in [0.2, 0.25) is 15.9 Å². The molecule has 45 heavy (non-hydrogen) atoms. The summed E-state index contributed by atoms with van der Waals surface area (Å²) in [5, 5.41) is 2.60. The molecule has 0 radical (unpaired) electrons. The number of alkyl halides is 6. The number of aromatic nitrogens is 2. The van der Waals surface area contributed by atoms with Gasteiger partial charge in [-0.15, -0.1) is 0 Å². The number of carbonyl (C=O) groups excluding carboxylic acids is 1. The second kappa shape index (κ2) is 12.2. The van der Waals surface area contributed by atoms with E-state index in [1.807, 2.05) is 0 Å². The predicted molar refractivity (Wildman–Crippen MR) is 148 cm³/mol. The predicted octanol–water partition coefficient (Wildman–Crippen LogP) is 6.46. The van der Waals surface area contributed by atoms with Crippen LogP contribution in [0.4, 0.5) is 30.7 Å². The Bertz CT molecular complexity index is 1810. The van der Waals surface area contributed by atoms with Crippen molar-refractivity contribution in [3.05, 3.63) is 102 Å². The molecule has 4 aromatic rings. The van der Waals surface area contributed by atoms with E-state index in [-0.39, 0.29) is 52.7 Å². The highest BCUT2D eigenvalue weighted by Gasteiger charge is 2.39. The second-order valence-corrected chi connectivity index (χ2v) is 12.1. The van der Waals surface area contributed by atoms with Crippen LogP contribution in [0.15, 0.2) is 83.8 Å². The molecule has 15 heteroatoms. The molecule has 1 fully saturated rings. The van der Waals surface area contributed by atoms with Gasteiger partial charge in [-0.2, -0.15) is 30.6 Å². The lowest BCUT2D eigenvalue weighted by Crippen LogP contribution is -2.45. The molecule has 1 aromatic heterocycles. The lowest BCUT2D eigenvalue weighted by Gasteiger charge is -2.23. The molecule has 236 valence electrons. The number of nitrogens with one attached hydrogen (secondary N) is 1. The Morgan fingerprint density at radius 3 is 2.16 bits per heavy atom. The van der Waals surface area contributed by atoms with Gasteiger partial charge in [-0.3, -0.25) is 4.79 Å². The summed E-state index contributed by atoms with van der Waals surface area (Å²) in [5.74, 6) is -1.48. The summed E-state index contributed by atoms with van der Waals surface area (Å²) in [6.45, 7) is -0.259. The number of rotatable bonds is 7. The van der Waals surface area contributed by atoms with Crippen molar-refractivity contribution in [1.82, 2.24) is 19.6 Å². The number of benzene rings is 3. The van der Waals surface area contributed by atoms with Gasteiger partial charge in [0.25, 0.3) is 0 Å². The maximum absolute atomic E-state index is 13.4. The lowest BCUT2D eigenvalue weighted by atomic mass is 10.1. The van der Waals surface area contributed by atoms with Crippen LogP contribution in [0.1, 0.15) is 29.7 Å². The largest absolute Gasteiger partial charge is 0.416 e. The third-order valence-electron chi connectivity index (χ3n) is 7.11. The van der Waals surface area contributed by atoms with E-state index in [0.717, 1.165) is 71.0 Å². The minimum Gasteiger partial charge on any atom is -0.349 e. The molecule has 1 saturated heterocycles. The molecule has 1 N–H and O–H groups in total. The molecule has 3 aromatic carbocycles. The fourth-order valence-corrected chi connectivity index (χ4v) is 6.51. The summed E-state index contributed by atoms with van der Waals surface area (Å²) in [7, 11) is -4.14. The number of sulfonamides is 1. The highest BCUT2D eigenvalue weighted by Crippen LogP contribution is 2.34. The maximum atomic E-state index is 13.4. The fourth-order valence-electron chi connectivity index (χ4n) is 4.86. The molecule has 1 aliphatic rings. The quantitative estimate of drug-likeness (QED) is 0.232. The summed E-state index contributed by atoms with van der Waals surface area (Å²) >= 11 is 0. The number of hydrogen-bond acceptors (Lipinski definition) is 5. The summed E-state index contributed by atoms with van der Waals surface area (Å²) in [4.78, 5) is 21.6. The number of amides is 1. The van der Waals surface area contributed by atoms with E-state index in [1.54, 1.807) is 0 Å². The van der Waals surface area contributed by atoms with E-state index in [0.29, 0.717) is 6.42 Å². The first-order valence-corrected chi connectivity index (χ1v) is 14.9. The van der Waals surface area contributed by atoms with Gasteiger partial charge < -0.3 is 5.32 Å². The molecule has 0 aliphatic carbocycles. The standard InChI is InChI=1S/C30H23F7N4O3S/c31-22-10-12-24(13-11-22)45(43,44)41-14-2-5-26(41)28(42)38-17-23-16-25(18-6-8-20(9-7-18)29(32,33)34)40-27(39-23)19-3-1-4-21(15-19)30(35,36)37/h1,3-4,6-13,15-16,26H,2,5,14,17H2,(H,38,42)/t26-/m0/s1. The van der Waals surface area contributed by atoms with Crippen LogP contribution in [0.25, 0.3) is 22.6 Å². The van der Waals surface area contributed by atoms with Crippen molar-refractivity contribution in [2.45, 2.75) is 42.7 Å². The van der Waals surface area contributed by atoms with Crippen LogP contribution in [0.3, 0.4) is 0 Å². The van der Waals surface area contributed by atoms with Crippen molar-refractivity contribution in [1.29, 1.82) is 0 Å². The number of hydrogen-bond donors (Lipinski definition) is 1. The normalized spacial score (nSPS) is 16.1. The van der Waals surface area contributed by atoms with Gasteiger partial charge in [0.15, 0.2) is 5.82 Å². The Kier molecular flexibility index (Phi) is 8.68. The SMILES string of the molecule is O=C(NCc1cc(-c2ccc(C(F)(F)F)cc2)nc(-c2cccc(C(F)(F)F)c2)n1)[C@@H]1CCCN1S(=O)(=O)c1ccc(F)cc1. The summed E-state index contributed by atoms with van der Waals surface area (Å²) in [6, 6.07) is 12.6. The Labute approximate surface area is 252 Å². The van der Waals surface area contributed by atoms with E-state index in [4.69, 9.17) is 0 Å². The molecule has 0 bridgehead atoms. The van der Waals surface area contributed by atoms with E-state index in [9.17, 15) is 43.9 Å². The molecular weight excluding hydrogens is 629 g/mol. The van der Waals surface area contributed by atoms with Crippen molar-refractivity contribution in [3.8, 4) is 22.6 Å². The van der Waals surface area contributed by atoms with Gasteiger partial charge in [-0.1, -0.05) is 24.3 Å². The molecule has 0 spiro atoms. The first-order chi connectivity index (χ1) is 21.1. The Morgan fingerprint density at radius 1 is 0.844 bits per heavy atom. The number of carbonyl (C=O) groups is 1. The molecule has 5 rings (SSSR count). The lowest BCUT2D eigenvalue weighted by molar-refractivity contribution is -0.138. The minimum atomic E-state index is -4.67. The van der Waals surface area contributed by atoms with Crippen LogP contribution in [0.5, 0.6) is 0 Å². The molecule has 0 unspecified atom stereocenters. The summed E-state index contributed by atoms with van der Waals surface area (Å²) in [6.07, 6.45) is -8.69. The first kappa shape index (κ1) is 32.0. The van der Waals surface area contributed by atoms with Gasteiger partial charge in [-0.25, -0.2) is 22.8 Å². The van der Waals surface area contributed by atoms with Crippen molar-refractivity contribution in [2.75, 3.05) is 6.54 Å². The Morgan fingerprint density at radius 2 is 1.51 bits per heavy atom. The van der Waals surface area contributed by atoms with Crippen molar-refractivity contribution in [2.24, 2.45) is 0 Å². The smallest absolute Gasteiger partial charge is 0.349 e. The molecule has 2 heterocycles. The molecule has 1 aliphatic heterocycles. The zero-order valence-corrected chi connectivity index (χ0v) is 23.8. The third kappa shape index (κ3) is 7.14. The van der Waals surface area contributed by atoms with Crippen molar-refractivity contribution in [3.63, 3.8) is 0 Å². The fraction of sp³-hybridized carbons (Fsp3) is 0.233. The Hall–Kier alpha value is -4.37. The Balaban J connectivity index is 1.44. The van der Waals surface area contributed by atoms with E-state index < -0.39 is 51.3 Å². The van der Waals surface area contributed by atoms with Crippen LogP contribution in [0, 0.1) is 5.82 Å². The highest BCUT2D eigenvalue weighted by atomic mass is 32.2. The van der Waals surface area contributed by atoms with E-state index in [2.05, 4.69) is 15.3 Å². The second-order valence-electron chi connectivity index (χ2n) is 10.2. The number of halogens is 7. The van der Waals surface area contributed by atoms with Crippen LogP contribution in [0.2, 0.25) is 0 Å². The van der Waals surface area contributed by atoms with Crippen LogP contribution in [-0.2, 0) is 33.7 Å². The average molecular weight is 653 g/mol. The molecule has 1 amide bonds. The highest BCUT2D eigenvalue weighted by molar-refractivity contribution is 7.89.